The molecule has 0 radical (unpaired) electrons. The molecule has 1 aromatic carbocycles. The van der Waals surface area contributed by atoms with Gasteiger partial charge in [-0.05, 0) is 37.6 Å². The van der Waals surface area contributed by atoms with Crippen LogP contribution in [0.15, 0.2) is 69.5 Å². The van der Waals surface area contributed by atoms with E-state index in [-0.39, 0.29) is 4.90 Å². The second-order valence-corrected chi connectivity index (χ2v) is 5.83. The quantitative estimate of drug-likeness (QED) is 0.830. The molecule has 0 aromatic heterocycles. The van der Waals surface area contributed by atoms with Crippen LogP contribution in [0.4, 0.5) is 0 Å². The summed E-state index contributed by atoms with van der Waals surface area (Å²) in [6, 6.07) is 6.68. The number of hydrogen-bond donors (Lipinski definition) is 0. The van der Waals surface area contributed by atoms with E-state index < -0.39 is 10.0 Å². The first-order chi connectivity index (χ1) is 9.03. The third-order valence-corrected chi connectivity index (χ3v) is 4.09. The lowest BCUT2D eigenvalue weighted by atomic mass is 10.1. The van der Waals surface area contributed by atoms with E-state index in [4.69, 9.17) is 0 Å². The molecule has 0 bridgehead atoms. The van der Waals surface area contributed by atoms with Crippen LogP contribution >= 0.6 is 0 Å². The highest BCUT2D eigenvalue weighted by molar-refractivity contribution is 7.90. The predicted octanol–water partition coefficient (Wildman–Crippen LogP) is 3.20. The Labute approximate surface area is 113 Å². The monoisotopic (exact) mass is 273 g/mol. The van der Waals surface area contributed by atoms with E-state index in [0.717, 1.165) is 11.1 Å². The number of aryl methyl sites for hydroxylation is 1. The average Bonchev–Trinajstić information content (AvgIpc) is 2.39. The maximum Gasteiger partial charge on any atom is 0.282 e. The van der Waals surface area contributed by atoms with E-state index in [1.165, 1.54) is 0 Å². The maximum atomic E-state index is 12.2. The van der Waals surface area contributed by atoms with Gasteiger partial charge < -0.3 is 0 Å². The van der Waals surface area contributed by atoms with Gasteiger partial charge in [0.15, 0.2) is 0 Å². The molecule has 3 nitrogen and oxygen atoms in total. The number of allylic oxidation sites excluding steroid dienone is 6. The van der Waals surface area contributed by atoms with Crippen LogP contribution in [0.3, 0.4) is 0 Å². The molecule has 0 atom stereocenters. The fraction of sp³-hybridized carbons (Fsp3) is 0.133. The van der Waals surface area contributed by atoms with E-state index in [1.54, 1.807) is 36.4 Å². The van der Waals surface area contributed by atoms with Crippen molar-refractivity contribution in [3.63, 3.8) is 0 Å². The second kappa shape index (κ2) is 5.36. The molecule has 1 aliphatic rings. The minimum atomic E-state index is -3.66. The topological polar surface area (TPSA) is 46.5 Å². The summed E-state index contributed by atoms with van der Waals surface area (Å²) in [7, 11) is -3.66. The molecule has 0 unspecified atom stereocenters. The highest BCUT2D eigenvalue weighted by Gasteiger charge is 2.14. The molecule has 4 heteroatoms. The van der Waals surface area contributed by atoms with Crippen molar-refractivity contribution in [3.8, 4) is 0 Å². The molecule has 0 amide bonds. The molecular formula is C15H15NO2S. The lowest BCUT2D eigenvalue weighted by Crippen LogP contribution is -2.06. The minimum absolute atomic E-state index is 0.212. The molecule has 1 aliphatic carbocycles. The van der Waals surface area contributed by atoms with Crippen LogP contribution in [0.2, 0.25) is 0 Å². The summed E-state index contributed by atoms with van der Waals surface area (Å²) in [4.78, 5) is 0.212. The lowest BCUT2D eigenvalue weighted by molar-refractivity contribution is 0.598. The number of nitrogens with zero attached hydrogens (tertiary/aromatic N) is 1. The zero-order valence-electron chi connectivity index (χ0n) is 10.9. The molecule has 0 saturated carbocycles. The van der Waals surface area contributed by atoms with Crippen molar-refractivity contribution in [1.82, 2.24) is 0 Å². The Morgan fingerprint density at radius 1 is 1.05 bits per heavy atom. The first-order valence-corrected chi connectivity index (χ1v) is 7.40. The van der Waals surface area contributed by atoms with Gasteiger partial charge in [0.05, 0.1) is 10.6 Å². The number of benzene rings is 1. The molecule has 0 aliphatic heterocycles. The zero-order valence-corrected chi connectivity index (χ0v) is 11.7. The van der Waals surface area contributed by atoms with E-state index in [1.807, 2.05) is 32.1 Å². The van der Waals surface area contributed by atoms with Gasteiger partial charge in [0.25, 0.3) is 10.0 Å². The van der Waals surface area contributed by atoms with Gasteiger partial charge in [0.2, 0.25) is 0 Å². The van der Waals surface area contributed by atoms with Gasteiger partial charge in [-0.25, -0.2) is 0 Å². The van der Waals surface area contributed by atoms with Crippen LogP contribution in [0.1, 0.15) is 12.5 Å². The smallest absolute Gasteiger partial charge is 0.199 e. The molecule has 0 fully saturated rings. The van der Waals surface area contributed by atoms with Gasteiger partial charge in [0.1, 0.15) is 0 Å². The van der Waals surface area contributed by atoms with Crippen molar-refractivity contribution in [2.24, 2.45) is 4.40 Å². The van der Waals surface area contributed by atoms with Gasteiger partial charge in [-0.2, -0.15) is 12.8 Å². The third-order valence-electron chi connectivity index (χ3n) is 2.79. The minimum Gasteiger partial charge on any atom is -0.199 e. The van der Waals surface area contributed by atoms with Crippen LogP contribution in [0, 0.1) is 6.92 Å². The summed E-state index contributed by atoms with van der Waals surface area (Å²) >= 11 is 0. The number of hydrogen-bond acceptors (Lipinski definition) is 2. The van der Waals surface area contributed by atoms with Gasteiger partial charge >= 0.3 is 0 Å². The van der Waals surface area contributed by atoms with Crippen LogP contribution in [-0.4, -0.2) is 14.1 Å². The first kappa shape index (κ1) is 13.5. The van der Waals surface area contributed by atoms with Crippen LogP contribution in [0.25, 0.3) is 0 Å². The molecule has 1 aromatic rings. The molecule has 98 valence electrons. The summed E-state index contributed by atoms with van der Waals surface area (Å²) in [5, 5.41) is 0. The Kier molecular flexibility index (Phi) is 3.81. The van der Waals surface area contributed by atoms with Gasteiger partial charge in [-0.1, -0.05) is 42.0 Å². The number of sulfonamides is 1. The van der Waals surface area contributed by atoms with Crippen LogP contribution in [0.5, 0.6) is 0 Å². The Balaban J connectivity index is 2.44. The van der Waals surface area contributed by atoms with Gasteiger partial charge in [-0.3, -0.25) is 0 Å². The second-order valence-electron chi connectivity index (χ2n) is 4.23. The van der Waals surface area contributed by atoms with Crippen molar-refractivity contribution in [1.29, 1.82) is 0 Å². The fourth-order valence-electron chi connectivity index (χ4n) is 1.71. The van der Waals surface area contributed by atoms with Gasteiger partial charge in [-0.15, -0.1) is 0 Å². The molecule has 0 heterocycles. The summed E-state index contributed by atoms with van der Waals surface area (Å²) < 4.78 is 28.3. The largest absolute Gasteiger partial charge is 0.282 e. The highest BCUT2D eigenvalue weighted by atomic mass is 32.2. The predicted molar refractivity (Wildman–Crippen MR) is 77.8 cm³/mol. The standard InChI is InChI=1S/C15H15NO2S/c1-3-13-6-4-5-7-15(13)16-19(17,18)14-10-8-12(2)9-11-14/h3-11H,1-2H3/b13-3+,16-15-. The molecule has 0 saturated heterocycles. The van der Waals surface area contributed by atoms with Crippen LogP contribution < -0.4 is 0 Å². The summed E-state index contributed by atoms with van der Waals surface area (Å²) in [5.41, 5.74) is 2.28. The van der Waals surface area contributed by atoms with Crippen molar-refractivity contribution < 1.29 is 8.42 Å². The molecule has 0 spiro atoms. The van der Waals surface area contributed by atoms with Crippen LogP contribution in [-0.2, 0) is 10.0 Å². The van der Waals surface area contributed by atoms with Crippen molar-refractivity contribution in [2.75, 3.05) is 0 Å². The summed E-state index contributed by atoms with van der Waals surface area (Å²) in [5.74, 6) is 0. The van der Waals surface area contributed by atoms with Crippen molar-refractivity contribution >= 4 is 15.7 Å². The lowest BCUT2D eigenvalue weighted by Gasteiger charge is -2.06. The van der Waals surface area contributed by atoms with E-state index >= 15 is 0 Å². The average molecular weight is 273 g/mol. The Bertz CT molecular complexity index is 690. The van der Waals surface area contributed by atoms with Gasteiger partial charge in [0, 0.05) is 0 Å². The Hall–Kier alpha value is -1.94. The third kappa shape index (κ3) is 3.09. The zero-order chi connectivity index (χ0) is 13.9. The Morgan fingerprint density at radius 3 is 2.32 bits per heavy atom. The number of rotatable bonds is 2. The SMILES string of the molecule is C/C=C1\C=CC=C\C1=N\S(=O)(=O)c1ccc(C)cc1. The molecule has 2 rings (SSSR count). The molecule has 19 heavy (non-hydrogen) atoms. The molecular weight excluding hydrogens is 258 g/mol. The summed E-state index contributed by atoms with van der Waals surface area (Å²) in [6.45, 7) is 3.77. The fourth-order valence-corrected chi connectivity index (χ4v) is 2.72. The maximum absolute atomic E-state index is 12.2. The highest BCUT2D eigenvalue weighted by Crippen LogP contribution is 2.16. The van der Waals surface area contributed by atoms with Crippen molar-refractivity contribution in [2.45, 2.75) is 18.7 Å². The normalized spacial score (nSPS) is 19.3. The van der Waals surface area contributed by atoms with Crippen molar-refractivity contribution in [3.05, 3.63) is 65.8 Å². The first-order valence-electron chi connectivity index (χ1n) is 5.96. The van der Waals surface area contributed by atoms with E-state index in [2.05, 4.69) is 4.40 Å². The van der Waals surface area contributed by atoms with E-state index in [0.29, 0.717) is 5.71 Å². The molecule has 0 N–H and O–H groups in total. The summed E-state index contributed by atoms with van der Waals surface area (Å²) in [6.07, 6.45) is 9.00. The Morgan fingerprint density at radius 2 is 1.68 bits per heavy atom. The van der Waals surface area contributed by atoms with E-state index in [9.17, 15) is 8.42 Å².